The molecule has 2 heterocycles. The van der Waals surface area contributed by atoms with Crippen molar-refractivity contribution in [3.05, 3.63) is 17.5 Å². The van der Waals surface area contributed by atoms with Gasteiger partial charge in [0.15, 0.2) is 6.29 Å². The molecule has 0 bridgehead atoms. The third-order valence-corrected chi connectivity index (χ3v) is 3.69. The van der Waals surface area contributed by atoms with E-state index in [0.29, 0.717) is 6.04 Å². The van der Waals surface area contributed by atoms with Crippen molar-refractivity contribution in [3.8, 4) is 0 Å². The van der Waals surface area contributed by atoms with E-state index in [1.807, 2.05) is 0 Å². The molecule has 1 aliphatic rings. The second kappa shape index (κ2) is 7.76. The molecule has 2 rings (SSSR count). The largest absolute Gasteiger partial charge is 0.350 e. The van der Waals surface area contributed by atoms with Crippen LogP contribution in [0.3, 0.4) is 0 Å². The lowest BCUT2D eigenvalue weighted by atomic mass is 10.1. The fourth-order valence-electron chi connectivity index (χ4n) is 2.68. The molecule has 1 atom stereocenters. The summed E-state index contributed by atoms with van der Waals surface area (Å²) in [5, 5.41) is 8.15. The Morgan fingerprint density at radius 2 is 2.10 bits per heavy atom. The van der Waals surface area contributed by atoms with Gasteiger partial charge in [-0.1, -0.05) is 13.8 Å². The van der Waals surface area contributed by atoms with Gasteiger partial charge >= 0.3 is 0 Å². The van der Waals surface area contributed by atoms with Crippen LogP contribution in [0, 0.1) is 0 Å². The number of hydrogen-bond acceptors (Lipinski definition) is 4. The van der Waals surface area contributed by atoms with E-state index >= 15 is 0 Å². The molecule has 1 aromatic heterocycles. The summed E-state index contributed by atoms with van der Waals surface area (Å²) in [6, 6.07) is 2.60. The third kappa shape index (κ3) is 4.04. The molecule has 5 heteroatoms. The van der Waals surface area contributed by atoms with Gasteiger partial charge in [0.2, 0.25) is 0 Å². The summed E-state index contributed by atoms with van der Waals surface area (Å²) >= 11 is 0. The van der Waals surface area contributed by atoms with Crippen molar-refractivity contribution in [3.63, 3.8) is 0 Å². The number of aromatic nitrogens is 2. The Labute approximate surface area is 121 Å². The molecule has 0 amide bonds. The molecule has 1 unspecified atom stereocenters. The van der Waals surface area contributed by atoms with Crippen molar-refractivity contribution in [2.24, 2.45) is 0 Å². The number of aryl methyl sites for hydroxylation is 2. The first-order valence-corrected chi connectivity index (χ1v) is 7.78. The van der Waals surface area contributed by atoms with Gasteiger partial charge < -0.3 is 14.8 Å². The van der Waals surface area contributed by atoms with Crippen LogP contribution in [0.2, 0.25) is 0 Å². The minimum Gasteiger partial charge on any atom is -0.350 e. The predicted molar refractivity (Wildman–Crippen MR) is 78.8 cm³/mol. The van der Waals surface area contributed by atoms with E-state index in [4.69, 9.17) is 9.47 Å². The van der Waals surface area contributed by atoms with Crippen molar-refractivity contribution in [1.82, 2.24) is 15.1 Å². The first-order valence-electron chi connectivity index (χ1n) is 7.78. The lowest BCUT2D eigenvalue weighted by Gasteiger charge is -2.21. The number of nitrogens with zero attached hydrogens (tertiary/aromatic N) is 2. The van der Waals surface area contributed by atoms with Gasteiger partial charge in [-0.2, -0.15) is 5.10 Å². The number of hydrogen-bond donors (Lipinski definition) is 1. The van der Waals surface area contributed by atoms with E-state index in [1.54, 1.807) is 0 Å². The van der Waals surface area contributed by atoms with Crippen LogP contribution in [-0.2, 0) is 28.9 Å². The lowest BCUT2D eigenvalue weighted by molar-refractivity contribution is -0.0526. The van der Waals surface area contributed by atoms with E-state index in [0.717, 1.165) is 45.6 Å². The molecule has 5 nitrogen and oxygen atoms in total. The molecule has 0 spiro atoms. The van der Waals surface area contributed by atoms with E-state index in [2.05, 4.69) is 41.9 Å². The number of likely N-dealkylation sites (N-methyl/N-ethyl adjacent to an activating group) is 1. The van der Waals surface area contributed by atoms with Crippen LogP contribution in [0.25, 0.3) is 0 Å². The molecule has 1 aromatic rings. The van der Waals surface area contributed by atoms with Crippen molar-refractivity contribution >= 4 is 0 Å². The zero-order valence-corrected chi connectivity index (χ0v) is 12.9. The Bertz CT molecular complexity index is 400. The maximum atomic E-state index is 5.57. The average Bonchev–Trinajstić information content (AvgIpc) is 3.08. The van der Waals surface area contributed by atoms with Crippen molar-refractivity contribution in [2.75, 3.05) is 19.8 Å². The molecule has 0 radical (unpaired) electrons. The smallest absolute Gasteiger partial charge is 0.159 e. The summed E-state index contributed by atoms with van der Waals surface area (Å²) in [5.41, 5.74) is 2.47. The molecule has 1 fully saturated rings. The minimum atomic E-state index is -0.0531. The Morgan fingerprint density at radius 3 is 2.70 bits per heavy atom. The molecule has 1 aliphatic heterocycles. The summed E-state index contributed by atoms with van der Waals surface area (Å²) < 4.78 is 13.2. The molecular formula is C15H27N3O2. The van der Waals surface area contributed by atoms with Crippen LogP contribution < -0.4 is 5.32 Å². The first-order chi connectivity index (χ1) is 9.76. The standard InChI is InChI=1S/C15H27N3O2/c1-4-12-9-14(18(6-3)17-12)10-13(16-5-2)11-15-19-7-8-20-15/h9,13,15-16H,4-8,10-11H2,1-3H3. The molecular weight excluding hydrogens is 254 g/mol. The highest BCUT2D eigenvalue weighted by atomic mass is 16.7. The topological polar surface area (TPSA) is 48.3 Å². The van der Waals surface area contributed by atoms with E-state index in [-0.39, 0.29) is 6.29 Å². The maximum Gasteiger partial charge on any atom is 0.159 e. The fraction of sp³-hybridized carbons (Fsp3) is 0.800. The lowest BCUT2D eigenvalue weighted by Crippen LogP contribution is -2.35. The molecule has 1 N–H and O–H groups in total. The highest BCUT2D eigenvalue weighted by molar-refractivity contribution is 5.12. The molecule has 0 aliphatic carbocycles. The quantitative estimate of drug-likeness (QED) is 0.788. The van der Waals surface area contributed by atoms with Crippen LogP contribution in [0.5, 0.6) is 0 Å². The second-order valence-electron chi connectivity index (χ2n) is 5.16. The number of nitrogens with one attached hydrogen (secondary N) is 1. The van der Waals surface area contributed by atoms with Crippen LogP contribution >= 0.6 is 0 Å². The molecule has 1 saturated heterocycles. The van der Waals surface area contributed by atoms with Crippen LogP contribution in [-0.4, -0.2) is 41.9 Å². The van der Waals surface area contributed by atoms with Crippen LogP contribution in [0.1, 0.15) is 38.6 Å². The number of rotatable bonds is 8. The van der Waals surface area contributed by atoms with Gasteiger partial charge in [-0.3, -0.25) is 4.68 Å². The van der Waals surface area contributed by atoms with Gasteiger partial charge in [0, 0.05) is 31.1 Å². The molecule has 20 heavy (non-hydrogen) atoms. The Balaban J connectivity index is 2.00. The molecule has 114 valence electrons. The van der Waals surface area contributed by atoms with E-state index in [1.165, 1.54) is 11.4 Å². The maximum absolute atomic E-state index is 5.57. The zero-order chi connectivity index (χ0) is 14.4. The second-order valence-corrected chi connectivity index (χ2v) is 5.16. The SMILES string of the molecule is CCNC(Cc1cc(CC)nn1CC)CC1OCCO1. The van der Waals surface area contributed by atoms with E-state index < -0.39 is 0 Å². The van der Waals surface area contributed by atoms with Gasteiger partial charge in [0.1, 0.15) is 0 Å². The average molecular weight is 281 g/mol. The normalized spacial score (nSPS) is 17.8. The Morgan fingerprint density at radius 1 is 1.35 bits per heavy atom. The Kier molecular flexibility index (Phi) is 6.01. The summed E-state index contributed by atoms with van der Waals surface area (Å²) in [6.45, 7) is 9.74. The predicted octanol–water partition coefficient (Wildman–Crippen LogP) is 1.75. The van der Waals surface area contributed by atoms with Crippen molar-refractivity contribution in [1.29, 1.82) is 0 Å². The molecule has 0 aromatic carbocycles. The minimum absolute atomic E-state index is 0.0531. The van der Waals surface area contributed by atoms with Gasteiger partial charge in [-0.25, -0.2) is 0 Å². The van der Waals surface area contributed by atoms with E-state index in [9.17, 15) is 0 Å². The summed E-state index contributed by atoms with van der Waals surface area (Å²) in [7, 11) is 0. The summed E-state index contributed by atoms with van der Waals surface area (Å²) in [6.07, 6.45) is 2.80. The van der Waals surface area contributed by atoms with Crippen LogP contribution in [0.15, 0.2) is 6.07 Å². The van der Waals surface area contributed by atoms with Crippen LogP contribution in [0.4, 0.5) is 0 Å². The summed E-state index contributed by atoms with van der Waals surface area (Å²) in [4.78, 5) is 0. The Hall–Kier alpha value is -0.910. The highest BCUT2D eigenvalue weighted by Crippen LogP contribution is 2.15. The number of ether oxygens (including phenoxy) is 2. The van der Waals surface area contributed by atoms with Crippen molar-refractivity contribution in [2.45, 2.75) is 58.9 Å². The van der Waals surface area contributed by atoms with Gasteiger partial charge in [-0.05, 0) is 26.0 Å². The molecule has 0 saturated carbocycles. The van der Waals surface area contributed by atoms with Gasteiger partial charge in [0.05, 0.1) is 18.9 Å². The monoisotopic (exact) mass is 281 g/mol. The first kappa shape index (κ1) is 15.5. The fourth-order valence-corrected chi connectivity index (χ4v) is 2.68. The zero-order valence-electron chi connectivity index (χ0n) is 12.9. The van der Waals surface area contributed by atoms with Crippen molar-refractivity contribution < 1.29 is 9.47 Å². The third-order valence-electron chi connectivity index (χ3n) is 3.69. The van der Waals surface area contributed by atoms with Gasteiger partial charge in [0.25, 0.3) is 0 Å². The van der Waals surface area contributed by atoms with Gasteiger partial charge in [-0.15, -0.1) is 0 Å². The highest BCUT2D eigenvalue weighted by Gasteiger charge is 2.22. The summed E-state index contributed by atoms with van der Waals surface area (Å²) in [5.74, 6) is 0.